The maximum Gasteiger partial charge on any atom is 0.262 e. The number of benzene rings is 1. The first-order chi connectivity index (χ1) is 9.25. The van der Waals surface area contributed by atoms with Crippen LogP contribution in [0.15, 0.2) is 29.1 Å². The predicted molar refractivity (Wildman–Crippen MR) is 76.9 cm³/mol. The van der Waals surface area contributed by atoms with Crippen LogP contribution in [0.25, 0.3) is 10.9 Å². The minimum atomic E-state index is -0.00161. The number of aromatic nitrogens is 2. The van der Waals surface area contributed by atoms with Crippen LogP contribution in [-0.4, -0.2) is 22.8 Å². The van der Waals surface area contributed by atoms with Gasteiger partial charge in [-0.15, -0.1) is 0 Å². The van der Waals surface area contributed by atoms with Gasteiger partial charge < -0.3 is 9.72 Å². The van der Waals surface area contributed by atoms with Crippen LogP contribution in [0.2, 0.25) is 0 Å². The summed E-state index contributed by atoms with van der Waals surface area (Å²) >= 11 is 5.28. The summed E-state index contributed by atoms with van der Waals surface area (Å²) in [6, 6.07) is 7.48. The molecule has 1 fully saturated rings. The summed E-state index contributed by atoms with van der Waals surface area (Å²) in [6.45, 7) is 2.30. The van der Waals surface area contributed by atoms with Crippen LogP contribution in [0.3, 0.4) is 0 Å². The zero-order chi connectivity index (χ0) is 13.2. The standard InChI is InChI=1S/C14H16N2O2S/c17-13-11-3-1-2-4-12(11)15-14(19)16(13)7-5-10-6-8-18-9-10/h1-4,10H,5-9H2,(H,15,19). The van der Waals surface area contributed by atoms with E-state index >= 15 is 0 Å². The lowest BCUT2D eigenvalue weighted by atomic mass is 10.1. The Morgan fingerprint density at radius 2 is 2.26 bits per heavy atom. The second-order valence-electron chi connectivity index (χ2n) is 4.95. The summed E-state index contributed by atoms with van der Waals surface area (Å²) in [7, 11) is 0. The van der Waals surface area contributed by atoms with E-state index in [0.29, 0.717) is 22.6 Å². The number of hydrogen-bond donors (Lipinski definition) is 1. The molecule has 0 spiro atoms. The Hall–Kier alpha value is -1.46. The Bertz CT molecular complexity index is 698. The Morgan fingerprint density at radius 3 is 3.05 bits per heavy atom. The second-order valence-corrected chi connectivity index (χ2v) is 5.34. The van der Waals surface area contributed by atoms with E-state index in [4.69, 9.17) is 17.0 Å². The molecule has 0 aliphatic carbocycles. The van der Waals surface area contributed by atoms with Crippen molar-refractivity contribution in [3.63, 3.8) is 0 Å². The third-order valence-electron chi connectivity index (χ3n) is 3.67. The van der Waals surface area contributed by atoms with Gasteiger partial charge in [-0.1, -0.05) is 12.1 Å². The van der Waals surface area contributed by atoms with Gasteiger partial charge in [0, 0.05) is 19.8 Å². The number of H-pyrrole nitrogens is 1. The number of hydrogen-bond acceptors (Lipinski definition) is 3. The second kappa shape index (κ2) is 5.27. The highest BCUT2D eigenvalue weighted by Crippen LogP contribution is 2.17. The molecule has 1 saturated heterocycles. The fourth-order valence-electron chi connectivity index (χ4n) is 2.52. The Balaban J connectivity index is 1.94. The van der Waals surface area contributed by atoms with E-state index in [2.05, 4.69) is 4.98 Å². The van der Waals surface area contributed by atoms with E-state index < -0.39 is 0 Å². The largest absolute Gasteiger partial charge is 0.381 e. The quantitative estimate of drug-likeness (QED) is 0.876. The van der Waals surface area contributed by atoms with Crippen molar-refractivity contribution in [2.45, 2.75) is 19.4 Å². The Labute approximate surface area is 116 Å². The molecule has 4 nitrogen and oxygen atoms in total. The highest BCUT2D eigenvalue weighted by atomic mass is 32.1. The topological polar surface area (TPSA) is 47.0 Å². The van der Waals surface area contributed by atoms with Crippen LogP contribution in [-0.2, 0) is 11.3 Å². The molecule has 1 atom stereocenters. The summed E-state index contributed by atoms with van der Waals surface area (Å²) in [4.78, 5) is 15.5. The fourth-order valence-corrected chi connectivity index (χ4v) is 2.81. The van der Waals surface area contributed by atoms with Crippen LogP contribution in [0.4, 0.5) is 0 Å². The van der Waals surface area contributed by atoms with E-state index in [-0.39, 0.29) is 5.56 Å². The Kier molecular flexibility index (Phi) is 3.48. The molecule has 19 heavy (non-hydrogen) atoms. The molecule has 100 valence electrons. The summed E-state index contributed by atoms with van der Waals surface area (Å²) < 4.78 is 7.52. The zero-order valence-electron chi connectivity index (χ0n) is 10.6. The van der Waals surface area contributed by atoms with Gasteiger partial charge in [0.1, 0.15) is 0 Å². The first-order valence-electron chi connectivity index (χ1n) is 6.55. The molecule has 1 aromatic carbocycles. The minimum absolute atomic E-state index is 0.00161. The van der Waals surface area contributed by atoms with Crippen molar-refractivity contribution >= 4 is 23.1 Å². The van der Waals surface area contributed by atoms with Crippen molar-refractivity contribution in [1.82, 2.24) is 9.55 Å². The normalized spacial score (nSPS) is 19.1. The maximum absolute atomic E-state index is 12.4. The molecule has 2 heterocycles. The zero-order valence-corrected chi connectivity index (χ0v) is 11.4. The summed E-state index contributed by atoms with van der Waals surface area (Å²) in [5.74, 6) is 0.549. The smallest absolute Gasteiger partial charge is 0.262 e. The van der Waals surface area contributed by atoms with Crippen molar-refractivity contribution < 1.29 is 4.74 Å². The summed E-state index contributed by atoms with van der Waals surface area (Å²) in [6.07, 6.45) is 2.02. The molecule has 3 rings (SSSR count). The van der Waals surface area contributed by atoms with Crippen LogP contribution in [0.5, 0.6) is 0 Å². The fraction of sp³-hybridized carbons (Fsp3) is 0.429. The van der Waals surface area contributed by atoms with Gasteiger partial charge in [-0.3, -0.25) is 9.36 Å². The molecule has 1 aromatic heterocycles. The number of para-hydroxylation sites is 1. The van der Waals surface area contributed by atoms with Gasteiger partial charge in [-0.25, -0.2) is 0 Å². The number of nitrogens with one attached hydrogen (secondary N) is 1. The highest BCUT2D eigenvalue weighted by molar-refractivity contribution is 7.71. The van der Waals surface area contributed by atoms with Gasteiger partial charge in [0.25, 0.3) is 5.56 Å². The lowest BCUT2D eigenvalue weighted by Gasteiger charge is -2.10. The molecule has 0 amide bonds. The lowest BCUT2D eigenvalue weighted by molar-refractivity contribution is 0.183. The van der Waals surface area contributed by atoms with Crippen LogP contribution in [0.1, 0.15) is 12.8 Å². The average molecular weight is 276 g/mol. The third kappa shape index (κ3) is 2.48. The highest BCUT2D eigenvalue weighted by Gasteiger charge is 2.16. The molecule has 0 saturated carbocycles. The van der Waals surface area contributed by atoms with Crippen molar-refractivity contribution in [2.24, 2.45) is 5.92 Å². The molecule has 1 aliphatic heterocycles. The number of rotatable bonds is 3. The van der Waals surface area contributed by atoms with E-state index in [9.17, 15) is 4.79 Å². The number of fused-ring (bicyclic) bond motifs is 1. The van der Waals surface area contributed by atoms with Gasteiger partial charge in [-0.2, -0.15) is 0 Å². The minimum Gasteiger partial charge on any atom is -0.381 e. The number of aromatic amines is 1. The SMILES string of the molecule is O=c1c2ccccc2[nH]c(=S)n1CCC1CCOC1. The van der Waals surface area contributed by atoms with Crippen LogP contribution >= 0.6 is 12.2 Å². The van der Waals surface area contributed by atoms with E-state index in [1.807, 2.05) is 24.3 Å². The number of nitrogens with zero attached hydrogens (tertiary/aromatic N) is 1. The monoisotopic (exact) mass is 276 g/mol. The molecule has 1 N–H and O–H groups in total. The molecule has 1 unspecified atom stereocenters. The first-order valence-corrected chi connectivity index (χ1v) is 6.96. The van der Waals surface area contributed by atoms with Crippen LogP contribution in [0, 0.1) is 10.7 Å². The molecule has 2 aromatic rings. The van der Waals surface area contributed by atoms with E-state index in [0.717, 1.165) is 31.6 Å². The molecular formula is C14H16N2O2S. The number of ether oxygens (including phenoxy) is 1. The molecule has 0 radical (unpaired) electrons. The third-order valence-corrected chi connectivity index (χ3v) is 4.00. The van der Waals surface area contributed by atoms with Crippen molar-refractivity contribution in [3.05, 3.63) is 39.4 Å². The van der Waals surface area contributed by atoms with Crippen molar-refractivity contribution in [2.75, 3.05) is 13.2 Å². The van der Waals surface area contributed by atoms with Crippen molar-refractivity contribution in [3.8, 4) is 0 Å². The molecule has 5 heteroatoms. The molecular weight excluding hydrogens is 260 g/mol. The van der Waals surface area contributed by atoms with Gasteiger partial charge in [-0.05, 0) is 43.1 Å². The van der Waals surface area contributed by atoms with Gasteiger partial charge in [0.15, 0.2) is 4.77 Å². The van der Waals surface area contributed by atoms with Crippen molar-refractivity contribution in [1.29, 1.82) is 0 Å². The van der Waals surface area contributed by atoms with Crippen LogP contribution < -0.4 is 5.56 Å². The predicted octanol–water partition coefficient (Wildman–Crippen LogP) is 2.49. The van der Waals surface area contributed by atoms with Gasteiger partial charge >= 0.3 is 0 Å². The first kappa shape index (κ1) is 12.6. The van der Waals surface area contributed by atoms with Gasteiger partial charge in [0.2, 0.25) is 0 Å². The van der Waals surface area contributed by atoms with E-state index in [1.54, 1.807) is 4.57 Å². The molecule has 1 aliphatic rings. The Morgan fingerprint density at radius 1 is 1.42 bits per heavy atom. The summed E-state index contributed by atoms with van der Waals surface area (Å²) in [5, 5.41) is 0.693. The molecule has 0 bridgehead atoms. The van der Waals surface area contributed by atoms with Gasteiger partial charge in [0.05, 0.1) is 10.9 Å². The summed E-state index contributed by atoms with van der Waals surface area (Å²) in [5.41, 5.74) is 0.802. The average Bonchev–Trinajstić information content (AvgIpc) is 2.92. The lowest BCUT2D eigenvalue weighted by Crippen LogP contribution is -2.23. The maximum atomic E-state index is 12.4. The van der Waals surface area contributed by atoms with E-state index in [1.165, 1.54) is 0 Å².